The summed E-state index contributed by atoms with van der Waals surface area (Å²) in [5.41, 5.74) is -0.129. The zero-order chi connectivity index (χ0) is 13.7. The smallest absolute Gasteiger partial charge is 0.267 e. The van der Waals surface area contributed by atoms with E-state index in [0.29, 0.717) is 24.7 Å². The first-order chi connectivity index (χ1) is 9.20. The van der Waals surface area contributed by atoms with Crippen molar-refractivity contribution in [1.82, 2.24) is 9.78 Å². The maximum Gasteiger partial charge on any atom is 0.267 e. The van der Waals surface area contributed by atoms with Crippen LogP contribution in [0.5, 0.6) is 11.5 Å². The van der Waals surface area contributed by atoms with Crippen LogP contribution in [-0.4, -0.2) is 23.5 Å². The van der Waals surface area contributed by atoms with Crippen LogP contribution in [0.25, 0.3) is 0 Å². The molecule has 2 rings (SSSR count). The summed E-state index contributed by atoms with van der Waals surface area (Å²) >= 11 is 2.05. The van der Waals surface area contributed by atoms with Crippen LogP contribution in [0.15, 0.2) is 41.3 Å². The Labute approximate surface area is 124 Å². The molecule has 6 heteroatoms. The van der Waals surface area contributed by atoms with E-state index in [1.54, 1.807) is 13.3 Å². The molecule has 0 radical (unpaired) electrons. The van der Waals surface area contributed by atoms with Gasteiger partial charge in [-0.2, -0.15) is 5.10 Å². The van der Waals surface area contributed by atoms with Crippen LogP contribution in [-0.2, 0) is 6.54 Å². The lowest BCUT2D eigenvalue weighted by atomic mass is 10.3. The van der Waals surface area contributed by atoms with Crippen molar-refractivity contribution in [3.63, 3.8) is 0 Å². The molecule has 0 aliphatic rings. The summed E-state index contributed by atoms with van der Waals surface area (Å²) in [7, 11) is 1.59. The van der Waals surface area contributed by atoms with Gasteiger partial charge in [-0.25, -0.2) is 4.68 Å². The van der Waals surface area contributed by atoms with E-state index in [1.165, 1.54) is 10.7 Å². The fraction of sp³-hybridized carbons (Fsp3) is 0.231. The molecule has 1 aromatic heterocycles. The van der Waals surface area contributed by atoms with Gasteiger partial charge < -0.3 is 9.47 Å². The molecule has 0 saturated heterocycles. The average Bonchev–Trinajstić information content (AvgIpc) is 2.42. The number of rotatable bonds is 5. The summed E-state index contributed by atoms with van der Waals surface area (Å²) in [5, 5.41) is 4.04. The van der Waals surface area contributed by atoms with Crippen molar-refractivity contribution in [3.05, 3.63) is 50.5 Å². The molecule has 19 heavy (non-hydrogen) atoms. The zero-order valence-electron chi connectivity index (χ0n) is 10.4. The van der Waals surface area contributed by atoms with Crippen LogP contribution >= 0.6 is 22.6 Å². The molecular formula is C13H13IN2O3. The topological polar surface area (TPSA) is 53.4 Å². The second kappa shape index (κ2) is 6.55. The maximum atomic E-state index is 11.6. The van der Waals surface area contributed by atoms with Gasteiger partial charge in [-0.15, -0.1) is 0 Å². The predicted octanol–water partition coefficient (Wildman–Crippen LogP) is 1.94. The van der Waals surface area contributed by atoms with Gasteiger partial charge in [-0.1, -0.05) is 12.1 Å². The minimum absolute atomic E-state index is 0.129. The third kappa shape index (κ3) is 3.69. The highest BCUT2D eigenvalue weighted by atomic mass is 127. The molecule has 0 bridgehead atoms. The number of ether oxygens (including phenoxy) is 2. The second-order valence-electron chi connectivity index (χ2n) is 3.73. The number of hydrogen-bond acceptors (Lipinski definition) is 4. The van der Waals surface area contributed by atoms with E-state index >= 15 is 0 Å². The predicted molar refractivity (Wildman–Crippen MR) is 79.7 cm³/mol. The molecule has 0 atom stereocenters. The van der Waals surface area contributed by atoms with E-state index in [-0.39, 0.29) is 5.56 Å². The molecule has 1 aromatic carbocycles. The van der Waals surface area contributed by atoms with Gasteiger partial charge >= 0.3 is 0 Å². The molecule has 2 aromatic rings. The third-order valence-electron chi connectivity index (χ3n) is 2.47. The quantitative estimate of drug-likeness (QED) is 0.753. The largest absolute Gasteiger partial charge is 0.493 e. The Morgan fingerprint density at radius 3 is 2.74 bits per heavy atom. The third-order valence-corrected chi connectivity index (χ3v) is 3.06. The SMILES string of the molecule is COc1ccccc1OCCn1ncc(I)cc1=O. The van der Waals surface area contributed by atoms with Crippen LogP contribution in [0.1, 0.15) is 0 Å². The van der Waals surface area contributed by atoms with Gasteiger partial charge in [0.1, 0.15) is 6.61 Å². The van der Waals surface area contributed by atoms with Gasteiger partial charge in [0.15, 0.2) is 11.5 Å². The number of methoxy groups -OCH3 is 1. The van der Waals surface area contributed by atoms with Gasteiger partial charge in [0.2, 0.25) is 0 Å². The standard InChI is InChI=1S/C13H13IN2O3/c1-18-11-4-2-3-5-12(11)19-7-6-16-13(17)8-10(14)9-15-16/h2-5,8-9H,6-7H2,1H3. The van der Waals surface area contributed by atoms with Crippen LogP contribution in [0.2, 0.25) is 0 Å². The van der Waals surface area contributed by atoms with E-state index in [4.69, 9.17) is 9.47 Å². The normalized spacial score (nSPS) is 10.2. The molecule has 0 aliphatic carbocycles. The molecule has 1 heterocycles. The minimum Gasteiger partial charge on any atom is -0.493 e. The number of aromatic nitrogens is 2. The average molecular weight is 372 g/mol. The number of halogens is 1. The number of nitrogens with zero attached hydrogens (tertiary/aromatic N) is 2. The van der Waals surface area contributed by atoms with Gasteiger partial charge in [-0.3, -0.25) is 4.79 Å². The van der Waals surface area contributed by atoms with Gasteiger partial charge in [0, 0.05) is 9.64 Å². The molecule has 0 amide bonds. The molecule has 0 N–H and O–H groups in total. The molecule has 0 unspecified atom stereocenters. The molecule has 0 aliphatic heterocycles. The van der Waals surface area contributed by atoms with Crippen molar-refractivity contribution < 1.29 is 9.47 Å². The zero-order valence-corrected chi connectivity index (χ0v) is 12.5. The van der Waals surface area contributed by atoms with Gasteiger partial charge in [-0.05, 0) is 34.7 Å². The summed E-state index contributed by atoms with van der Waals surface area (Å²) < 4.78 is 13.0. The molecule has 0 fully saturated rings. The highest BCUT2D eigenvalue weighted by molar-refractivity contribution is 14.1. The first kappa shape index (κ1) is 13.9. The lowest BCUT2D eigenvalue weighted by Gasteiger charge is -2.10. The minimum atomic E-state index is -0.129. The number of hydrogen-bond donors (Lipinski definition) is 0. The van der Waals surface area contributed by atoms with Gasteiger partial charge in [0.25, 0.3) is 5.56 Å². The summed E-state index contributed by atoms with van der Waals surface area (Å²) in [4.78, 5) is 11.6. The monoisotopic (exact) mass is 372 g/mol. The van der Waals surface area contributed by atoms with E-state index in [0.717, 1.165) is 3.57 Å². The van der Waals surface area contributed by atoms with Crippen LogP contribution < -0.4 is 15.0 Å². The van der Waals surface area contributed by atoms with E-state index in [9.17, 15) is 4.79 Å². The van der Waals surface area contributed by atoms with Crippen molar-refractivity contribution in [2.24, 2.45) is 0 Å². The van der Waals surface area contributed by atoms with Crippen LogP contribution in [0.3, 0.4) is 0 Å². The number of benzene rings is 1. The molecule has 100 valence electrons. The first-order valence-corrected chi connectivity index (χ1v) is 6.77. The summed E-state index contributed by atoms with van der Waals surface area (Å²) in [6.45, 7) is 0.752. The Bertz CT molecular complexity index is 613. The van der Waals surface area contributed by atoms with Crippen molar-refractivity contribution in [1.29, 1.82) is 0 Å². The fourth-order valence-corrected chi connectivity index (χ4v) is 1.95. The lowest BCUT2D eigenvalue weighted by molar-refractivity contribution is 0.271. The van der Waals surface area contributed by atoms with Crippen molar-refractivity contribution in [2.45, 2.75) is 6.54 Å². The Morgan fingerprint density at radius 2 is 2.05 bits per heavy atom. The van der Waals surface area contributed by atoms with E-state index < -0.39 is 0 Å². The van der Waals surface area contributed by atoms with E-state index in [1.807, 2.05) is 24.3 Å². The highest BCUT2D eigenvalue weighted by Gasteiger charge is 2.03. The van der Waals surface area contributed by atoms with Crippen LogP contribution in [0, 0.1) is 3.57 Å². The summed E-state index contributed by atoms with van der Waals surface area (Å²) in [6.07, 6.45) is 1.64. The highest BCUT2D eigenvalue weighted by Crippen LogP contribution is 2.25. The van der Waals surface area contributed by atoms with Gasteiger partial charge in [0.05, 0.1) is 19.9 Å². The Balaban J connectivity index is 1.98. The van der Waals surface area contributed by atoms with Crippen molar-refractivity contribution in [3.8, 4) is 11.5 Å². The first-order valence-electron chi connectivity index (χ1n) is 5.69. The summed E-state index contributed by atoms with van der Waals surface area (Å²) in [6, 6.07) is 8.92. The van der Waals surface area contributed by atoms with E-state index in [2.05, 4.69) is 27.7 Å². The van der Waals surface area contributed by atoms with Crippen molar-refractivity contribution in [2.75, 3.05) is 13.7 Å². The second-order valence-corrected chi connectivity index (χ2v) is 4.98. The molecular weight excluding hydrogens is 359 g/mol. The Morgan fingerprint density at radius 1 is 1.32 bits per heavy atom. The maximum absolute atomic E-state index is 11.6. The Hall–Kier alpha value is -1.57. The molecule has 5 nitrogen and oxygen atoms in total. The molecule has 0 saturated carbocycles. The summed E-state index contributed by atoms with van der Waals surface area (Å²) in [5.74, 6) is 1.33. The fourth-order valence-electron chi connectivity index (χ4n) is 1.56. The molecule has 0 spiro atoms. The van der Waals surface area contributed by atoms with Crippen LogP contribution in [0.4, 0.5) is 0 Å². The Kier molecular flexibility index (Phi) is 4.78. The van der Waals surface area contributed by atoms with Crippen molar-refractivity contribution >= 4 is 22.6 Å². The lowest BCUT2D eigenvalue weighted by Crippen LogP contribution is -2.25. The number of para-hydroxylation sites is 2.